The maximum absolute atomic E-state index is 5.70. The number of hydrogen-bond acceptors (Lipinski definition) is 4. The molecule has 0 unspecified atom stereocenters. The van der Waals surface area contributed by atoms with E-state index in [0.29, 0.717) is 11.6 Å². The first-order valence-electron chi connectivity index (χ1n) is 4.33. The Labute approximate surface area is 91.9 Å². The van der Waals surface area contributed by atoms with Crippen LogP contribution >= 0.6 is 11.6 Å². The fraction of sp³-hybridized carbons (Fsp3) is 0.100. The molecule has 0 N–H and O–H groups in total. The van der Waals surface area contributed by atoms with Crippen molar-refractivity contribution in [3.05, 3.63) is 41.6 Å². The minimum absolute atomic E-state index is 0.175. The maximum atomic E-state index is 5.70. The minimum Gasteiger partial charge on any atom is -0.437 e. The molecule has 0 saturated heterocycles. The molecule has 0 radical (unpaired) electrons. The highest BCUT2D eigenvalue weighted by Gasteiger charge is 2.02. The van der Waals surface area contributed by atoms with Gasteiger partial charge >= 0.3 is 0 Å². The van der Waals surface area contributed by atoms with E-state index in [1.54, 1.807) is 30.6 Å². The number of aromatic nitrogens is 3. The number of nitrogens with zero attached hydrogens (tertiary/aromatic N) is 3. The zero-order valence-corrected chi connectivity index (χ0v) is 8.77. The summed E-state index contributed by atoms with van der Waals surface area (Å²) >= 11 is 5.70. The predicted octanol–water partition coefficient (Wildman–Crippen LogP) is 2.63. The molecule has 15 heavy (non-hydrogen) atoms. The van der Waals surface area contributed by atoms with Gasteiger partial charge in [-0.1, -0.05) is 0 Å². The molecule has 2 rings (SSSR count). The summed E-state index contributed by atoms with van der Waals surface area (Å²) in [5.41, 5.74) is 0.758. The van der Waals surface area contributed by atoms with Crippen molar-refractivity contribution >= 4 is 11.6 Å². The molecular weight excluding hydrogens is 214 g/mol. The summed E-state index contributed by atoms with van der Waals surface area (Å²) < 4.78 is 5.44. The lowest BCUT2D eigenvalue weighted by Gasteiger charge is -2.04. The lowest BCUT2D eigenvalue weighted by Crippen LogP contribution is -1.92. The van der Waals surface area contributed by atoms with Crippen LogP contribution in [-0.4, -0.2) is 15.0 Å². The monoisotopic (exact) mass is 221 g/mol. The molecule has 0 fully saturated rings. The molecule has 0 saturated carbocycles. The van der Waals surface area contributed by atoms with Crippen molar-refractivity contribution in [2.75, 3.05) is 0 Å². The van der Waals surface area contributed by atoms with Crippen LogP contribution in [0.1, 0.15) is 5.69 Å². The first-order valence-corrected chi connectivity index (χ1v) is 4.71. The van der Waals surface area contributed by atoms with E-state index in [9.17, 15) is 0 Å². The number of ether oxygens (including phenoxy) is 1. The average molecular weight is 222 g/mol. The van der Waals surface area contributed by atoms with Crippen LogP contribution in [0.4, 0.5) is 0 Å². The molecule has 0 amide bonds. The van der Waals surface area contributed by atoms with E-state index >= 15 is 0 Å². The lowest BCUT2D eigenvalue weighted by atomic mass is 10.4. The Morgan fingerprint density at radius 1 is 1.33 bits per heavy atom. The third-order valence-electron chi connectivity index (χ3n) is 1.66. The zero-order valence-electron chi connectivity index (χ0n) is 8.01. The minimum atomic E-state index is 0.175. The van der Waals surface area contributed by atoms with E-state index in [4.69, 9.17) is 16.3 Å². The van der Waals surface area contributed by atoms with E-state index < -0.39 is 0 Å². The fourth-order valence-corrected chi connectivity index (χ4v) is 1.30. The lowest BCUT2D eigenvalue weighted by molar-refractivity contribution is 0.459. The standard InChI is InChI=1S/C10H8ClN3O/c1-7-5-9(14-10(11)13-7)15-8-3-2-4-12-6-8/h2-6H,1H3. The summed E-state index contributed by atoms with van der Waals surface area (Å²) in [7, 11) is 0. The summed E-state index contributed by atoms with van der Waals surface area (Å²) in [5.74, 6) is 1.03. The van der Waals surface area contributed by atoms with Crippen molar-refractivity contribution in [1.29, 1.82) is 0 Å². The van der Waals surface area contributed by atoms with Crippen LogP contribution in [0, 0.1) is 6.92 Å². The van der Waals surface area contributed by atoms with Gasteiger partial charge in [-0.3, -0.25) is 4.98 Å². The van der Waals surface area contributed by atoms with Gasteiger partial charge in [0.2, 0.25) is 11.2 Å². The van der Waals surface area contributed by atoms with Crippen LogP contribution in [0.15, 0.2) is 30.6 Å². The van der Waals surface area contributed by atoms with Crippen LogP contribution < -0.4 is 4.74 Å². The van der Waals surface area contributed by atoms with Crippen LogP contribution in [0.5, 0.6) is 11.6 Å². The molecule has 0 aliphatic heterocycles. The van der Waals surface area contributed by atoms with Crippen molar-refractivity contribution in [1.82, 2.24) is 15.0 Å². The number of hydrogen-bond donors (Lipinski definition) is 0. The molecule has 0 aliphatic carbocycles. The maximum Gasteiger partial charge on any atom is 0.225 e. The summed E-state index contributed by atoms with van der Waals surface area (Å²) in [5, 5.41) is 0.175. The summed E-state index contributed by atoms with van der Waals surface area (Å²) in [6.45, 7) is 1.82. The van der Waals surface area contributed by atoms with Gasteiger partial charge in [0.1, 0.15) is 5.75 Å². The van der Waals surface area contributed by atoms with Crippen LogP contribution in [0.3, 0.4) is 0 Å². The fourth-order valence-electron chi connectivity index (χ4n) is 1.09. The van der Waals surface area contributed by atoms with Gasteiger partial charge in [0.25, 0.3) is 0 Å². The van der Waals surface area contributed by atoms with Gasteiger partial charge in [-0.05, 0) is 30.7 Å². The molecule has 0 bridgehead atoms. The van der Waals surface area contributed by atoms with Crippen LogP contribution in [-0.2, 0) is 0 Å². The first kappa shape index (κ1) is 9.86. The molecule has 0 spiro atoms. The highest BCUT2D eigenvalue weighted by Crippen LogP contribution is 2.19. The first-order chi connectivity index (χ1) is 7.24. The van der Waals surface area contributed by atoms with E-state index in [-0.39, 0.29) is 5.28 Å². The Morgan fingerprint density at radius 3 is 2.87 bits per heavy atom. The predicted molar refractivity (Wildman–Crippen MR) is 56.1 cm³/mol. The summed E-state index contributed by atoms with van der Waals surface area (Å²) in [4.78, 5) is 11.8. The van der Waals surface area contributed by atoms with E-state index in [1.165, 1.54) is 0 Å². The molecule has 4 nitrogen and oxygen atoms in total. The van der Waals surface area contributed by atoms with Crippen LogP contribution in [0.2, 0.25) is 5.28 Å². The van der Waals surface area contributed by atoms with Crippen molar-refractivity contribution in [3.8, 4) is 11.6 Å². The van der Waals surface area contributed by atoms with Gasteiger partial charge in [0.05, 0.1) is 6.20 Å². The van der Waals surface area contributed by atoms with Crippen molar-refractivity contribution in [2.24, 2.45) is 0 Å². The Balaban J connectivity index is 2.25. The van der Waals surface area contributed by atoms with Gasteiger partial charge in [-0.2, -0.15) is 4.98 Å². The highest BCUT2D eigenvalue weighted by molar-refractivity contribution is 6.28. The average Bonchev–Trinajstić information content (AvgIpc) is 2.17. The van der Waals surface area contributed by atoms with Gasteiger partial charge in [-0.15, -0.1) is 0 Å². The molecule has 5 heteroatoms. The van der Waals surface area contributed by atoms with E-state index in [0.717, 1.165) is 5.69 Å². The Morgan fingerprint density at radius 2 is 2.20 bits per heavy atom. The van der Waals surface area contributed by atoms with Crippen LogP contribution in [0.25, 0.3) is 0 Å². The molecule has 2 aromatic heterocycles. The molecule has 2 aromatic rings. The number of pyridine rings is 1. The van der Waals surface area contributed by atoms with Crippen molar-refractivity contribution in [3.63, 3.8) is 0 Å². The largest absolute Gasteiger partial charge is 0.437 e. The third-order valence-corrected chi connectivity index (χ3v) is 1.83. The molecule has 0 aromatic carbocycles. The normalized spacial score (nSPS) is 10.0. The number of aryl methyl sites for hydroxylation is 1. The van der Waals surface area contributed by atoms with Crippen molar-refractivity contribution < 1.29 is 4.74 Å². The molecule has 0 aliphatic rings. The Kier molecular flexibility index (Phi) is 2.78. The quantitative estimate of drug-likeness (QED) is 0.732. The van der Waals surface area contributed by atoms with Gasteiger partial charge in [0, 0.05) is 18.0 Å². The van der Waals surface area contributed by atoms with Gasteiger partial charge in [0.15, 0.2) is 0 Å². The Hall–Kier alpha value is -1.68. The topological polar surface area (TPSA) is 47.9 Å². The Bertz CT molecular complexity index is 441. The SMILES string of the molecule is Cc1cc(Oc2cccnc2)nc(Cl)n1. The van der Waals surface area contributed by atoms with E-state index in [1.807, 2.05) is 6.92 Å². The van der Waals surface area contributed by atoms with Crippen molar-refractivity contribution in [2.45, 2.75) is 6.92 Å². The zero-order chi connectivity index (χ0) is 10.7. The number of halogens is 1. The second-order valence-electron chi connectivity index (χ2n) is 2.91. The summed E-state index contributed by atoms with van der Waals surface area (Å²) in [6.07, 6.45) is 3.27. The van der Waals surface area contributed by atoms with Gasteiger partial charge in [-0.25, -0.2) is 4.98 Å². The molecule has 2 heterocycles. The molecular formula is C10H8ClN3O. The second-order valence-corrected chi connectivity index (χ2v) is 3.25. The number of rotatable bonds is 2. The summed E-state index contributed by atoms with van der Waals surface area (Å²) in [6, 6.07) is 5.28. The smallest absolute Gasteiger partial charge is 0.225 e. The van der Waals surface area contributed by atoms with Gasteiger partial charge < -0.3 is 4.74 Å². The molecule has 76 valence electrons. The molecule has 0 atom stereocenters. The third kappa shape index (κ3) is 2.63. The second kappa shape index (κ2) is 4.23. The highest BCUT2D eigenvalue weighted by atomic mass is 35.5. The van der Waals surface area contributed by atoms with E-state index in [2.05, 4.69) is 15.0 Å².